The number of carbonyl (C=O) groups excluding carboxylic acids is 1. The second-order valence-corrected chi connectivity index (χ2v) is 6.54. The molecular weight excluding hydrogens is 312 g/mol. The number of nitrogens with one attached hydrogen (secondary N) is 1. The van der Waals surface area contributed by atoms with Gasteiger partial charge in [-0.15, -0.1) is 0 Å². The third-order valence-electron chi connectivity index (χ3n) is 4.91. The zero-order valence-corrected chi connectivity index (χ0v) is 14.3. The van der Waals surface area contributed by atoms with E-state index in [9.17, 15) is 14.7 Å². The van der Waals surface area contributed by atoms with Gasteiger partial charge in [0.05, 0.1) is 31.0 Å². The van der Waals surface area contributed by atoms with E-state index in [2.05, 4.69) is 10.4 Å². The van der Waals surface area contributed by atoms with Crippen molar-refractivity contribution in [3.05, 3.63) is 11.3 Å². The van der Waals surface area contributed by atoms with Crippen molar-refractivity contribution in [3.63, 3.8) is 0 Å². The van der Waals surface area contributed by atoms with Gasteiger partial charge >= 0.3 is 5.97 Å². The van der Waals surface area contributed by atoms with Crippen LogP contribution in [0, 0.1) is 6.92 Å². The van der Waals surface area contributed by atoms with E-state index in [1.807, 2.05) is 11.8 Å². The molecule has 0 radical (unpaired) electrons. The van der Waals surface area contributed by atoms with Crippen LogP contribution in [0.2, 0.25) is 0 Å². The van der Waals surface area contributed by atoms with Crippen LogP contribution in [0.25, 0.3) is 0 Å². The van der Waals surface area contributed by atoms with Crippen LogP contribution in [-0.2, 0) is 23.2 Å². The SMILES string of the molecule is COc1c(CNC(=O)C2CCC(C(=O)O)N2C2CC2)c(C)nn1C. The monoisotopic (exact) mass is 336 g/mol. The highest BCUT2D eigenvalue weighted by atomic mass is 16.5. The molecule has 8 nitrogen and oxygen atoms in total. The van der Waals surface area contributed by atoms with Crippen LogP contribution in [0.1, 0.15) is 36.9 Å². The standard InChI is InChI=1S/C16H24N4O4/c1-9-11(15(24-3)19(2)18-9)8-17-14(21)12-6-7-13(16(22)23)20(12)10-4-5-10/h10,12-13H,4-8H2,1-3H3,(H,17,21)(H,22,23). The quantitative estimate of drug-likeness (QED) is 0.782. The molecule has 1 amide bonds. The summed E-state index contributed by atoms with van der Waals surface area (Å²) in [4.78, 5) is 25.9. The maximum atomic E-state index is 12.6. The fraction of sp³-hybridized carbons (Fsp3) is 0.688. The molecule has 8 heteroatoms. The first-order valence-corrected chi connectivity index (χ1v) is 8.28. The normalized spacial score (nSPS) is 24.1. The van der Waals surface area contributed by atoms with E-state index in [0.29, 0.717) is 25.3 Å². The van der Waals surface area contributed by atoms with Crippen molar-refractivity contribution in [1.29, 1.82) is 0 Å². The molecule has 132 valence electrons. The summed E-state index contributed by atoms with van der Waals surface area (Å²) in [5.41, 5.74) is 1.66. The topological polar surface area (TPSA) is 96.7 Å². The highest BCUT2D eigenvalue weighted by Gasteiger charge is 2.48. The van der Waals surface area contributed by atoms with E-state index in [1.54, 1.807) is 18.8 Å². The molecule has 0 bridgehead atoms. The summed E-state index contributed by atoms with van der Waals surface area (Å²) in [6.07, 6.45) is 3.06. The van der Waals surface area contributed by atoms with Gasteiger partial charge in [0.2, 0.25) is 11.8 Å². The Bertz CT molecular complexity index is 653. The van der Waals surface area contributed by atoms with Crippen LogP contribution in [0.15, 0.2) is 0 Å². The van der Waals surface area contributed by atoms with Gasteiger partial charge < -0.3 is 15.2 Å². The van der Waals surface area contributed by atoms with Gasteiger partial charge in [-0.2, -0.15) is 5.10 Å². The Morgan fingerprint density at radius 1 is 1.29 bits per heavy atom. The third-order valence-corrected chi connectivity index (χ3v) is 4.91. The zero-order chi connectivity index (χ0) is 17.4. The predicted octanol–water partition coefficient (Wildman–Crippen LogP) is 0.433. The smallest absolute Gasteiger partial charge is 0.320 e. The number of aromatic nitrogens is 2. The highest BCUT2D eigenvalue weighted by Crippen LogP contribution is 2.37. The molecule has 3 rings (SSSR count). The molecule has 0 spiro atoms. The van der Waals surface area contributed by atoms with Crippen molar-refractivity contribution < 1.29 is 19.4 Å². The van der Waals surface area contributed by atoms with E-state index >= 15 is 0 Å². The van der Waals surface area contributed by atoms with Crippen molar-refractivity contribution in [2.45, 2.75) is 57.3 Å². The number of carboxylic acid groups (broad SMARTS) is 1. The number of aliphatic carboxylic acids is 1. The lowest BCUT2D eigenvalue weighted by Crippen LogP contribution is -2.49. The first-order chi connectivity index (χ1) is 11.4. The second-order valence-electron chi connectivity index (χ2n) is 6.54. The number of hydrogen-bond donors (Lipinski definition) is 2. The first-order valence-electron chi connectivity index (χ1n) is 8.28. The Balaban J connectivity index is 1.68. The van der Waals surface area contributed by atoms with E-state index in [-0.39, 0.29) is 18.0 Å². The van der Waals surface area contributed by atoms with Gasteiger partial charge in [-0.05, 0) is 32.6 Å². The van der Waals surface area contributed by atoms with E-state index in [0.717, 1.165) is 24.1 Å². The molecule has 1 aliphatic carbocycles. The minimum atomic E-state index is -0.832. The average molecular weight is 336 g/mol. The fourth-order valence-corrected chi connectivity index (χ4v) is 3.66. The number of carbonyl (C=O) groups is 2. The Hall–Kier alpha value is -2.09. The zero-order valence-electron chi connectivity index (χ0n) is 14.3. The maximum Gasteiger partial charge on any atom is 0.320 e. The van der Waals surface area contributed by atoms with Crippen LogP contribution in [0.3, 0.4) is 0 Å². The van der Waals surface area contributed by atoms with Gasteiger partial charge in [-0.1, -0.05) is 0 Å². The minimum Gasteiger partial charge on any atom is -0.481 e. The molecule has 24 heavy (non-hydrogen) atoms. The number of hydrogen-bond acceptors (Lipinski definition) is 5. The predicted molar refractivity (Wildman–Crippen MR) is 85.7 cm³/mol. The molecule has 1 aromatic rings. The number of nitrogens with zero attached hydrogens (tertiary/aromatic N) is 3. The summed E-state index contributed by atoms with van der Waals surface area (Å²) in [6.45, 7) is 2.20. The number of aryl methyl sites for hydroxylation is 2. The van der Waals surface area contributed by atoms with Gasteiger partial charge in [0, 0.05) is 13.1 Å². The lowest BCUT2D eigenvalue weighted by molar-refractivity contribution is -0.143. The number of ether oxygens (including phenoxy) is 1. The molecule has 2 unspecified atom stereocenters. The van der Waals surface area contributed by atoms with Gasteiger partial charge in [0.1, 0.15) is 6.04 Å². The van der Waals surface area contributed by atoms with Crippen molar-refractivity contribution >= 4 is 11.9 Å². The van der Waals surface area contributed by atoms with Gasteiger partial charge in [-0.3, -0.25) is 14.5 Å². The number of amides is 1. The number of carboxylic acids is 1. The van der Waals surface area contributed by atoms with Crippen molar-refractivity contribution in [3.8, 4) is 5.88 Å². The van der Waals surface area contributed by atoms with Crippen molar-refractivity contribution in [1.82, 2.24) is 20.0 Å². The molecule has 2 heterocycles. The number of likely N-dealkylation sites (tertiary alicyclic amines) is 1. The Kier molecular flexibility index (Phi) is 4.49. The van der Waals surface area contributed by atoms with Crippen LogP contribution in [-0.4, -0.2) is 56.9 Å². The van der Waals surface area contributed by atoms with Crippen LogP contribution in [0.4, 0.5) is 0 Å². The van der Waals surface area contributed by atoms with Crippen molar-refractivity contribution in [2.75, 3.05) is 7.11 Å². The highest BCUT2D eigenvalue weighted by molar-refractivity contribution is 5.84. The second kappa shape index (κ2) is 6.43. The molecule has 1 saturated carbocycles. The van der Waals surface area contributed by atoms with E-state index in [4.69, 9.17) is 4.74 Å². The average Bonchev–Trinajstić information content (AvgIpc) is 3.20. The third kappa shape index (κ3) is 2.98. The lowest BCUT2D eigenvalue weighted by Gasteiger charge is -2.27. The summed E-state index contributed by atoms with van der Waals surface area (Å²) in [6, 6.07) is -0.663. The summed E-state index contributed by atoms with van der Waals surface area (Å²) < 4.78 is 6.98. The van der Waals surface area contributed by atoms with Gasteiger partial charge in [0.15, 0.2) is 0 Å². The molecular formula is C16H24N4O4. The van der Waals surface area contributed by atoms with Crippen LogP contribution >= 0.6 is 0 Å². The molecule has 2 fully saturated rings. The van der Waals surface area contributed by atoms with Crippen molar-refractivity contribution in [2.24, 2.45) is 7.05 Å². The molecule has 1 aromatic heterocycles. The largest absolute Gasteiger partial charge is 0.481 e. The molecule has 1 aliphatic heterocycles. The van der Waals surface area contributed by atoms with Gasteiger partial charge in [-0.25, -0.2) is 4.68 Å². The maximum absolute atomic E-state index is 12.6. The molecule has 2 aliphatic rings. The number of methoxy groups -OCH3 is 1. The molecule has 1 saturated heterocycles. The summed E-state index contributed by atoms with van der Waals surface area (Å²) in [7, 11) is 3.37. The Labute approximate surface area is 140 Å². The number of rotatable bonds is 6. The van der Waals surface area contributed by atoms with Crippen LogP contribution < -0.4 is 10.1 Å². The summed E-state index contributed by atoms with van der Waals surface area (Å²) in [5, 5.41) is 16.6. The fourth-order valence-electron chi connectivity index (χ4n) is 3.66. The Morgan fingerprint density at radius 3 is 2.54 bits per heavy atom. The molecule has 0 aromatic carbocycles. The van der Waals surface area contributed by atoms with Crippen LogP contribution in [0.5, 0.6) is 5.88 Å². The Morgan fingerprint density at radius 2 is 1.96 bits per heavy atom. The first kappa shape index (κ1) is 16.8. The lowest BCUT2D eigenvalue weighted by atomic mass is 10.2. The molecule has 2 atom stereocenters. The summed E-state index contributed by atoms with van der Waals surface area (Å²) >= 11 is 0. The summed E-state index contributed by atoms with van der Waals surface area (Å²) in [5.74, 6) is -0.320. The van der Waals surface area contributed by atoms with Gasteiger partial charge in [0.25, 0.3) is 0 Å². The minimum absolute atomic E-state index is 0.115. The molecule has 2 N–H and O–H groups in total. The van der Waals surface area contributed by atoms with E-state index in [1.165, 1.54) is 0 Å². The van der Waals surface area contributed by atoms with E-state index < -0.39 is 12.0 Å².